The Morgan fingerprint density at radius 3 is 2.29 bits per heavy atom. The molecule has 0 fully saturated rings. The first kappa shape index (κ1) is 13.9. The van der Waals surface area contributed by atoms with Gasteiger partial charge in [0.25, 0.3) is 0 Å². The number of sulfone groups is 1. The summed E-state index contributed by atoms with van der Waals surface area (Å²) in [6.45, 7) is 2.63. The van der Waals surface area contributed by atoms with Gasteiger partial charge < -0.3 is 4.79 Å². The number of aldehydes is 1. The Labute approximate surface area is 102 Å². The fourth-order valence-electron chi connectivity index (χ4n) is 1.47. The first-order valence-corrected chi connectivity index (χ1v) is 7.08. The summed E-state index contributed by atoms with van der Waals surface area (Å²) >= 11 is 0. The third-order valence-corrected chi connectivity index (χ3v) is 4.25. The van der Waals surface area contributed by atoms with Crippen molar-refractivity contribution in [2.75, 3.05) is 19.3 Å². The predicted octanol–water partition coefficient (Wildman–Crippen LogP) is 1.11. The zero-order valence-electron chi connectivity index (χ0n) is 10.1. The summed E-state index contributed by atoms with van der Waals surface area (Å²) in [5.41, 5.74) is 0.990. The summed E-state index contributed by atoms with van der Waals surface area (Å²) in [5.74, 6) is 0.109. The SMILES string of the molecule is CCS(=O)(=O)c1ccc(CN(C)CC=O)cc1. The van der Waals surface area contributed by atoms with Crippen molar-refractivity contribution in [3.8, 4) is 0 Å². The van der Waals surface area contributed by atoms with Gasteiger partial charge in [-0.15, -0.1) is 0 Å². The van der Waals surface area contributed by atoms with Crippen molar-refractivity contribution in [3.63, 3.8) is 0 Å². The van der Waals surface area contributed by atoms with E-state index in [1.165, 1.54) is 0 Å². The van der Waals surface area contributed by atoms with Crippen LogP contribution in [0.5, 0.6) is 0 Å². The number of carbonyl (C=O) groups excluding carboxylic acids is 1. The molecule has 0 spiro atoms. The molecule has 0 aliphatic heterocycles. The van der Waals surface area contributed by atoms with Crippen LogP contribution >= 0.6 is 0 Å². The summed E-state index contributed by atoms with van der Waals surface area (Å²) in [7, 11) is -1.29. The van der Waals surface area contributed by atoms with E-state index in [0.29, 0.717) is 18.0 Å². The molecule has 0 aliphatic rings. The number of likely N-dealkylation sites (N-methyl/N-ethyl adjacent to an activating group) is 1. The third-order valence-electron chi connectivity index (χ3n) is 2.50. The van der Waals surface area contributed by atoms with Gasteiger partial charge in [-0.2, -0.15) is 0 Å². The topological polar surface area (TPSA) is 54.5 Å². The molecule has 0 unspecified atom stereocenters. The van der Waals surface area contributed by atoms with Crippen molar-refractivity contribution in [2.24, 2.45) is 0 Å². The Morgan fingerprint density at radius 1 is 1.24 bits per heavy atom. The lowest BCUT2D eigenvalue weighted by molar-refractivity contribution is -0.108. The van der Waals surface area contributed by atoms with E-state index in [-0.39, 0.29) is 5.75 Å². The Morgan fingerprint density at radius 2 is 1.82 bits per heavy atom. The first-order chi connectivity index (χ1) is 7.99. The minimum absolute atomic E-state index is 0.109. The normalized spacial score (nSPS) is 11.7. The number of benzene rings is 1. The largest absolute Gasteiger partial charge is 0.302 e. The van der Waals surface area contributed by atoms with Crippen molar-refractivity contribution in [3.05, 3.63) is 29.8 Å². The van der Waals surface area contributed by atoms with Crippen molar-refractivity contribution in [2.45, 2.75) is 18.4 Å². The highest BCUT2D eigenvalue weighted by Crippen LogP contribution is 2.13. The molecular weight excluding hydrogens is 238 g/mol. The smallest absolute Gasteiger partial charge is 0.178 e. The van der Waals surface area contributed by atoms with Crippen molar-refractivity contribution in [1.29, 1.82) is 0 Å². The van der Waals surface area contributed by atoms with Crippen LogP contribution in [0.25, 0.3) is 0 Å². The molecule has 0 N–H and O–H groups in total. The van der Waals surface area contributed by atoms with E-state index >= 15 is 0 Å². The van der Waals surface area contributed by atoms with Gasteiger partial charge in [-0.3, -0.25) is 4.90 Å². The molecule has 1 aromatic carbocycles. The Kier molecular flexibility index (Phi) is 4.84. The fourth-order valence-corrected chi connectivity index (χ4v) is 2.36. The van der Waals surface area contributed by atoms with Crippen LogP contribution < -0.4 is 0 Å². The van der Waals surface area contributed by atoms with Gasteiger partial charge in [0.05, 0.1) is 17.2 Å². The summed E-state index contributed by atoms with van der Waals surface area (Å²) < 4.78 is 23.2. The molecule has 4 nitrogen and oxygen atoms in total. The first-order valence-electron chi connectivity index (χ1n) is 5.43. The summed E-state index contributed by atoms with van der Waals surface area (Å²) in [6.07, 6.45) is 0.843. The van der Waals surface area contributed by atoms with E-state index in [4.69, 9.17) is 0 Å². The minimum Gasteiger partial charge on any atom is -0.302 e. The molecule has 1 rings (SSSR count). The third kappa shape index (κ3) is 3.94. The Hall–Kier alpha value is -1.20. The average molecular weight is 255 g/mol. The van der Waals surface area contributed by atoms with E-state index in [9.17, 15) is 13.2 Å². The summed E-state index contributed by atoms with van der Waals surface area (Å²) in [4.78, 5) is 12.5. The van der Waals surface area contributed by atoms with Crippen molar-refractivity contribution >= 4 is 16.1 Å². The quantitative estimate of drug-likeness (QED) is 0.715. The van der Waals surface area contributed by atoms with Crippen LogP contribution in [0, 0.1) is 0 Å². The lowest BCUT2D eigenvalue weighted by atomic mass is 10.2. The predicted molar refractivity (Wildman–Crippen MR) is 66.6 cm³/mol. The number of hydrogen-bond acceptors (Lipinski definition) is 4. The van der Waals surface area contributed by atoms with Crippen molar-refractivity contribution < 1.29 is 13.2 Å². The molecule has 0 aromatic heterocycles. The van der Waals surface area contributed by atoms with Gasteiger partial charge in [0.1, 0.15) is 6.29 Å². The van der Waals surface area contributed by atoms with E-state index < -0.39 is 9.84 Å². The maximum absolute atomic E-state index is 11.6. The minimum atomic E-state index is -3.12. The van der Waals surface area contributed by atoms with Gasteiger partial charge in [-0.1, -0.05) is 19.1 Å². The van der Waals surface area contributed by atoms with Gasteiger partial charge in [0.15, 0.2) is 9.84 Å². The van der Waals surface area contributed by atoms with Crippen molar-refractivity contribution in [1.82, 2.24) is 4.90 Å². The van der Waals surface area contributed by atoms with E-state index in [0.717, 1.165) is 11.8 Å². The van der Waals surface area contributed by atoms with Crippen LogP contribution in [0.15, 0.2) is 29.2 Å². The second-order valence-corrected chi connectivity index (χ2v) is 6.19. The van der Waals surface area contributed by atoms with E-state index in [1.807, 2.05) is 11.9 Å². The molecule has 0 aliphatic carbocycles. The molecule has 0 radical (unpaired) electrons. The van der Waals surface area contributed by atoms with Gasteiger partial charge in [-0.05, 0) is 24.7 Å². The van der Waals surface area contributed by atoms with Crippen LogP contribution in [0.1, 0.15) is 12.5 Å². The molecule has 94 valence electrons. The molecule has 1 aromatic rings. The second kappa shape index (κ2) is 5.93. The molecule has 0 bridgehead atoms. The van der Waals surface area contributed by atoms with Crippen LogP contribution in [0.2, 0.25) is 0 Å². The highest BCUT2D eigenvalue weighted by Gasteiger charge is 2.10. The molecule has 0 amide bonds. The zero-order chi connectivity index (χ0) is 12.9. The summed E-state index contributed by atoms with van der Waals surface area (Å²) in [5, 5.41) is 0. The highest BCUT2D eigenvalue weighted by atomic mass is 32.2. The lowest BCUT2D eigenvalue weighted by Crippen LogP contribution is -2.19. The molecule has 0 atom stereocenters. The van der Waals surface area contributed by atoms with E-state index in [1.54, 1.807) is 31.2 Å². The van der Waals surface area contributed by atoms with Crippen LogP contribution in [-0.2, 0) is 21.2 Å². The van der Waals surface area contributed by atoms with Gasteiger partial charge >= 0.3 is 0 Å². The molecular formula is C12H17NO3S. The van der Waals surface area contributed by atoms with E-state index in [2.05, 4.69) is 0 Å². The number of nitrogens with zero attached hydrogens (tertiary/aromatic N) is 1. The lowest BCUT2D eigenvalue weighted by Gasteiger charge is -2.13. The molecule has 0 heterocycles. The summed E-state index contributed by atoms with van der Waals surface area (Å²) in [6, 6.07) is 6.79. The standard InChI is InChI=1S/C12H17NO3S/c1-3-17(15,16)12-6-4-11(5-7-12)10-13(2)8-9-14/h4-7,9H,3,8,10H2,1-2H3. The number of hydrogen-bond donors (Lipinski definition) is 0. The Bertz CT molecular complexity index is 465. The Balaban J connectivity index is 2.78. The number of carbonyl (C=O) groups is 1. The highest BCUT2D eigenvalue weighted by molar-refractivity contribution is 7.91. The maximum Gasteiger partial charge on any atom is 0.178 e. The second-order valence-electron chi connectivity index (χ2n) is 3.91. The molecule has 17 heavy (non-hydrogen) atoms. The van der Waals surface area contributed by atoms with Crippen LogP contribution in [0.4, 0.5) is 0 Å². The number of rotatable bonds is 6. The average Bonchev–Trinajstić information content (AvgIpc) is 2.30. The molecule has 0 saturated carbocycles. The molecule has 0 saturated heterocycles. The van der Waals surface area contributed by atoms with Gasteiger partial charge in [0, 0.05) is 6.54 Å². The maximum atomic E-state index is 11.6. The fraction of sp³-hybridized carbons (Fsp3) is 0.417. The van der Waals surface area contributed by atoms with Crippen LogP contribution in [-0.4, -0.2) is 38.9 Å². The van der Waals surface area contributed by atoms with Crippen LogP contribution in [0.3, 0.4) is 0 Å². The van der Waals surface area contributed by atoms with Gasteiger partial charge in [-0.25, -0.2) is 8.42 Å². The monoisotopic (exact) mass is 255 g/mol. The zero-order valence-corrected chi connectivity index (χ0v) is 10.9. The van der Waals surface area contributed by atoms with Gasteiger partial charge in [0.2, 0.25) is 0 Å². The molecule has 5 heteroatoms.